The van der Waals surface area contributed by atoms with Gasteiger partial charge in [-0.15, -0.1) is 0 Å². The summed E-state index contributed by atoms with van der Waals surface area (Å²) in [4.78, 5) is 14.7. The maximum Gasteiger partial charge on any atom is 0.247 e. The van der Waals surface area contributed by atoms with Crippen LogP contribution in [0.25, 0.3) is 6.08 Å². The van der Waals surface area contributed by atoms with E-state index in [-0.39, 0.29) is 23.5 Å². The molecule has 0 saturated carbocycles. The average Bonchev–Trinajstić information content (AvgIpc) is 3.05. The van der Waals surface area contributed by atoms with Crippen molar-refractivity contribution in [2.45, 2.75) is 38.8 Å². The molecule has 0 radical (unpaired) electrons. The Hall–Kier alpha value is -2.11. The first-order valence-corrected chi connectivity index (χ1v) is 12.0. The van der Waals surface area contributed by atoms with E-state index in [0.29, 0.717) is 23.9 Å². The van der Waals surface area contributed by atoms with Gasteiger partial charge in [0, 0.05) is 23.7 Å². The van der Waals surface area contributed by atoms with Crippen molar-refractivity contribution in [2.24, 2.45) is 0 Å². The lowest BCUT2D eigenvalue weighted by molar-refractivity contribution is -0.128. The lowest BCUT2D eigenvalue weighted by atomic mass is 10.0. The molecule has 3 rings (SSSR count). The molecule has 4 nitrogen and oxygen atoms in total. The third kappa shape index (κ3) is 5.71. The lowest BCUT2D eigenvalue weighted by Crippen LogP contribution is -2.39. The molecule has 0 aliphatic carbocycles. The summed E-state index contributed by atoms with van der Waals surface area (Å²) in [6.45, 7) is 4.64. The zero-order valence-corrected chi connectivity index (χ0v) is 18.3. The standard InChI is InChI=1S/C23H26ClNO3S/c1-17(2)19-9-7-18(8-10-19)15-25(21-13-14-29(27,28)16-21)23(26)12-11-20-5-3-4-6-22(20)24/h3-12,17,21H,13-16H2,1-2H3/b12-11+. The minimum atomic E-state index is -3.10. The van der Waals surface area contributed by atoms with Crippen molar-refractivity contribution in [3.63, 3.8) is 0 Å². The van der Waals surface area contributed by atoms with Crippen molar-refractivity contribution in [1.29, 1.82) is 0 Å². The second-order valence-corrected chi connectivity index (χ2v) is 10.4. The van der Waals surface area contributed by atoms with Crippen molar-refractivity contribution in [3.8, 4) is 0 Å². The Bertz CT molecular complexity index is 997. The van der Waals surface area contributed by atoms with Crippen LogP contribution in [0, 0.1) is 0 Å². The van der Waals surface area contributed by atoms with Gasteiger partial charge in [-0.2, -0.15) is 0 Å². The van der Waals surface area contributed by atoms with E-state index in [9.17, 15) is 13.2 Å². The quantitative estimate of drug-likeness (QED) is 0.623. The molecular weight excluding hydrogens is 406 g/mol. The number of hydrogen-bond acceptors (Lipinski definition) is 3. The van der Waals surface area contributed by atoms with Crippen LogP contribution in [0.2, 0.25) is 5.02 Å². The molecule has 0 aromatic heterocycles. The highest BCUT2D eigenvalue weighted by molar-refractivity contribution is 7.91. The number of carbonyl (C=O) groups is 1. The second kappa shape index (κ2) is 9.14. The van der Waals surface area contributed by atoms with Gasteiger partial charge < -0.3 is 4.90 Å². The topological polar surface area (TPSA) is 54.5 Å². The van der Waals surface area contributed by atoms with E-state index in [1.54, 1.807) is 17.0 Å². The molecule has 1 atom stereocenters. The molecule has 154 valence electrons. The minimum absolute atomic E-state index is 0.0166. The highest BCUT2D eigenvalue weighted by Crippen LogP contribution is 2.23. The number of hydrogen-bond donors (Lipinski definition) is 0. The molecule has 1 amide bonds. The largest absolute Gasteiger partial charge is 0.331 e. The van der Waals surface area contributed by atoms with Crippen LogP contribution in [0.3, 0.4) is 0 Å². The van der Waals surface area contributed by atoms with Gasteiger partial charge in [0.15, 0.2) is 9.84 Å². The maximum absolute atomic E-state index is 13.0. The van der Waals surface area contributed by atoms with Gasteiger partial charge in [0.25, 0.3) is 0 Å². The van der Waals surface area contributed by atoms with Crippen molar-refractivity contribution < 1.29 is 13.2 Å². The Labute approximate surface area is 178 Å². The highest BCUT2D eigenvalue weighted by Gasteiger charge is 2.34. The van der Waals surface area contributed by atoms with Crippen molar-refractivity contribution in [3.05, 3.63) is 76.3 Å². The Morgan fingerprint density at radius 3 is 2.45 bits per heavy atom. The fourth-order valence-electron chi connectivity index (χ4n) is 3.48. The molecule has 1 aliphatic heterocycles. The summed E-state index contributed by atoms with van der Waals surface area (Å²) >= 11 is 6.17. The average molecular weight is 432 g/mol. The number of rotatable bonds is 6. The molecule has 1 unspecified atom stereocenters. The second-order valence-electron chi connectivity index (χ2n) is 7.77. The van der Waals surface area contributed by atoms with Crippen LogP contribution in [0.15, 0.2) is 54.6 Å². The first kappa shape index (κ1) is 21.6. The Morgan fingerprint density at radius 2 is 1.86 bits per heavy atom. The molecule has 1 aliphatic rings. The molecule has 0 bridgehead atoms. The van der Waals surface area contributed by atoms with Gasteiger partial charge in [-0.1, -0.05) is 67.9 Å². The summed E-state index contributed by atoms with van der Waals surface area (Å²) in [6, 6.07) is 15.1. The van der Waals surface area contributed by atoms with Gasteiger partial charge >= 0.3 is 0 Å². The van der Waals surface area contributed by atoms with Gasteiger partial charge in [0.2, 0.25) is 5.91 Å². The van der Waals surface area contributed by atoms with Gasteiger partial charge in [-0.25, -0.2) is 8.42 Å². The number of benzene rings is 2. The molecule has 1 heterocycles. The van der Waals surface area contributed by atoms with E-state index in [1.807, 2.05) is 30.3 Å². The predicted octanol–water partition coefficient (Wildman–Crippen LogP) is 4.69. The summed E-state index contributed by atoms with van der Waals surface area (Å²) in [5.41, 5.74) is 2.97. The van der Waals surface area contributed by atoms with E-state index in [4.69, 9.17) is 11.6 Å². The summed E-state index contributed by atoms with van der Waals surface area (Å²) in [6.07, 6.45) is 3.63. The Balaban J connectivity index is 1.82. The van der Waals surface area contributed by atoms with Crippen molar-refractivity contribution in [1.82, 2.24) is 4.90 Å². The Kier molecular flexibility index (Phi) is 6.81. The summed E-state index contributed by atoms with van der Waals surface area (Å²) in [5.74, 6) is 0.366. The third-order valence-corrected chi connectivity index (χ3v) is 7.34. The first-order valence-electron chi connectivity index (χ1n) is 9.77. The van der Waals surface area contributed by atoms with E-state index in [0.717, 1.165) is 11.1 Å². The number of amides is 1. The zero-order chi connectivity index (χ0) is 21.0. The smallest absolute Gasteiger partial charge is 0.247 e. The predicted molar refractivity (Wildman–Crippen MR) is 119 cm³/mol. The minimum Gasteiger partial charge on any atom is -0.331 e. The van der Waals surface area contributed by atoms with Crippen molar-refractivity contribution >= 4 is 33.4 Å². The fourth-order valence-corrected chi connectivity index (χ4v) is 5.41. The molecule has 1 saturated heterocycles. The maximum atomic E-state index is 13.0. The summed E-state index contributed by atoms with van der Waals surface area (Å²) in [7, 11) is -3.10. The molecule has 6 heteroatoms. The van der Waals surface area contributed by atoms with Gasteiger partial charge in [0.05, 0.1) is 11.5 Å². The summed E-state index contributed by atoms with van der Waals surface area (Å²) in [5, 5.41) is 0.566. The molecule has 0 spiro atoms. The van der Waals surface area contributed by atoms with Crippen molar-refractivity contribution in [2.75, 3.05) is 11.5 Å². The fraction of sp³-hybridized carbons (Fsp3) is 0.348. The third-order valence-electron chi connectivity index (χ3n) is 5.24. The van der Waals surface area contributed by atoms with E-state index >= 15 is 0 Å². The van der Waals surface area contributed by atoms with Crippen LogP contribution in [0.4, 0.5) is 0 Å². The molecule has 1 fully saturated rings. The molecule has 2 aromatic carbocycles. The van der Waals surface area contributed by atoms with E-state index in [1.165, 1.54) is 11.6 Å². The van der Waals surface area contributed by atoms with Gasteiger partial charge in [-0.05, 0) is 41.2 Å². The molecule has 2 aromatic rings. The van der Waals surface area contributed by atoms with Crippen LogP contribution in [0.5, 0.6) is 0 Å². The Morgan fingerprint density at radius 1 is 1.17 bits per heavy atom. The van der Waals surface area contributed by atoms with E-state index in [2.05, 4.69) is 26.0 Å². The van der Waals surface area contributed by atoms with Crippen LogP contribution in [-0.4, -0.2) is 36.8 Å². The van der Waals surface area contributed by atoms with Gasteiger partial charge in [0.1, 0.15) is 0 Å². The van der Waals surface area contributed by atoms with Crippen LogP contribution >= 0.6 is 11.6 Å². The monoisotopic (exact) mass is 431 g/mol. The van der Waals surface area contributed by atoms with Crippen LogP contribution in [0.1, 0.15) is 42.9 Å². The first-order chi connectivity index (χ1) is 13.7. The van der Waals surface area contributed by atoms with Crippen LogP contribution in [-0.2, 0) is 21.2 Å². The zero-order valence-electron chi connectivity index (χ0n) is 16.7. The number of sulfone groups is 1. The summed E-state index contributed by atoms with van der Waals surface area (Å²) < 4.78 is 24.0. The number of halogens is 1. The van der Waals surface area contributed by atoms with Crippen LogP contribution < -0.4 is 0 Å². The normalized spacial score (nSPS) is 18.4. The van der Waals surface area contributed by atoms with E-state index < -0.39 is 9.84 Å². The molecule has 29 heavy (non-hydrogen) atoms. The van der Waals surface area contributed by atoms with Gasteiger partial charge in [-0.3, -0.25) is 4.79 Å². The lowest BCUT2D eigenvalue weighted by Gasteiger charge is -2.27. The molecular formula is C23H26ClNO3S. The molecule has 0 N–H and O–H groups in total. The highest BCUT2D eigenvalue weighted by atomic mass is 35.5. The SMILES string of the molecule is CC(C)c1ccc(CN(C(=O)/C=C/c2ccccc2Cl)C2CCS(=O)(=O)C2)cc1. The number of nitrogens with zero attached hydrogens (tertiary/aromatic N) is 1. The number of carbonyl (C=O) groups excluding carboxylic acids is 1.